The van der Waals surface area contributed by atoms with Gasteiger partial charge in [0.15, 0.2) is 0 Å². The summed E-state index contributed by atoms with van der Waals surface area (Å²) in [6.45, 7) is 5.24. The number of benzene rings is 2. The summed E-state index contributed by atoms with van der Waals surface area (Å²) >= 11 is 0. The van der Waals surface area contributed by atoms with Crippen molar-refractivity contribution in [2.45, 2.75) is 52.4 Å². The number of azo groups is 1. The van der Waals surface area contributed by atoms with Gasteiger partial charge in [-0.1, -0.05) is 49.4 Å². The van der Waals surface area contributed by atoms with E-state index in [9.17, 15) is 4.57 Å². The fourth-order valence-electron chi connectivity index (χ4n) is 4.22. The minimum Gasteiger partial charge on any atom is -0.494 e. The molecule has 4 aromatic rings. The molecule has 0 spiro atoms. The summed E-state index contributed by atoms with van der Waals surface area (Å²) in [6, 6.07) is 34.0. The first-order valence-corrected chi connectivity index (χ1v) is 16.4. The van der Waals surface area contributed by atoms with Crippen LogP contribution in [-0.2, 0) is 30.7 Å². The van der Waals surface area contributed by atoms with Crippen molar-refractivity contribution in [1.82, 2.24) is 0 Å². The summed E-state index contributed by atoms with van der Waals surface area (Å²) in [5.74, 6) is 0.842. The van der Waals surface area contributed by atoms with Crippen LogP contribution in [0.15, 0.2) is 113 Å². The van der Waals surface area contributed by atoms with E-state index in [1.165, 1.54) is 5.56 Å². The Morgan fingerprint density at radius 3 is 2.00 bits per heavy atom. The topological polar surface area (TPSA) is 69.5 Å². The molecular formula is C34H43FeN2O4P. The fraction of sp³-hybridized carbons (Fsp3) is 0.353. The molecule has 0 saturated carbocycles. The van der Waals surface area contributed by atoms with Crippen LogP contribution in [0.1, 0.15) is 52.4 Å². The zero-order chi connectivity index (χ0) is 29.0. The van der Waals surface area contributed by atoms with Crippen LogP contribution >= 0.6 is 7.60 Å². The maximum Gasteiger partial charge on any atom is 2.00 e. The predicted octanol–water partition coefficient (Wildman–Crippen LogP) is 10.9. The molecule has 0 N–H and O–H groups in total. The molecule has 0 bridgehead atoms. The van der Waals surface area contributed by atoms with Gasteiger partial charge in [0.2, 0.25) is 0 Å². The summed E-state index contributed by atoms with van der Waals surface area (Å²) in [7, 11) is -2.89. The zero-order valence-corrected chi connectivity index (χ0v) is 26.7. The normalized spacial score (nSPS) is 11.1. The molecule has 0 atom stereocenters. The summed E-state index contributed by atoms with van der Waals surface area (Å²) < 4.78 is 29.0. The van der Waals surface area contributed by atoms with Crippen LogP contribution in [0.4, 0.5) is 11.4 Å². The molecule has 4 aromatic carbocycles. The molecule has 8 heteroatoms. The Kier molecular flexibility index (Phi) is 17.7. The van der Waals surface area contributed by atoms with Gasteiger partial charge in [-0.3, -0.25) is 4.57 Å². The molecule has 42 heavy (non-hydrogen) atoms. The molecule has 0 radical (unpaired) electrons. The predicted molar refractivity (Wildman–Crippen MR) is 169 cm³/mol. The van der Waals surface area contributed by atoms with Crippen molar-refractivity contribution < 1.29 is 35.4 Å². The van der Waals surface area contributed by atoms with Crippen molar-refractivity contribution in [2.24, 2.45) is 10.2 Å². The molecule has 0 aromatic heterocycles. The number of nitrogens with zero attached hydrogens (tertiary/aromatic N) is 2. The Bertz CT molecular complexity index is 1250. The number of rotatable bonds is 17. The molecular weight excluding hydrogens is 587 g/mol. The van der Waals surface area contributed by atoms with E-state index < -0.39 is 7.60 Å². The summed E-state index contributed by atoms with van der Waals surface area (Å²) in [5, 5.41) is 8.74. The van der Waals surface area contributed by atoms with E-state index in [4.69, 9.17) is 13.8 Å². The molecule has 0 fully saturated rings. The molecule has 0 heterocycles. The molecule has 0 aliphatic carbocycles. The van der Waals surface area contributed by atoms with E-state index >= 15 is 0 Å². The van der Waals surface area contributed by atoms with Crippen LogP contribution in [0.2, 0.25) is 0 Å². The molecule has 4 rings (SSSR count). The van der Waals surface area contributed by atoms with Gasteiger partial charge in [-0.05, 0) is 57.0 Å². The van der Waals surface area contributed by atoms with Crippen LogP contribution < -0.4 is 4.74 Å². The van der Waals surface area contributed by atoms with Gasteiger partial charge in [0, 0.05) is 0 Å². The van der Waals surface area contributed by atoms with E-state index in [0.717, 1.165) is 61.2 Å². The van der Waals surface area contributed by atoms with Gasteiger partial charge in [0.1, 0.15) is 5.75 Å². The minimum atomic E-state index is -2.89. The van der Waals surface area contributed by atoms with Crippen LogP contribution in [-0.4, -0.2) is 26.0 Å². The molecule has 0 aliphatic rings. The molecule has 0 saturated heterocycles. The van der Waals surface area contributed by atoms with Crippen molar-refractivity contribution in [3.05, 3.63) is 103 Å². The number of unbranched alkanes of at least 4 members (excludes halogenated alkanes) is 5. The Hall–Kier alpha value is -2.79. The van der Waals surface area contributed by atoms with E-state index in [1.54, 1.807) is 0 Å². The molecule has 0 amide bonds. The third-order valence-electron chi connectivity index (χ3n) is 6.26. The Labute approximate surface area is 262 Å². The summed E-state index contributed by atoms with van der Waals surface area (Å²) in [5.41, 5.74) is 3.93. The smallest absolute Gasteiger partial charge is 0.494 e. The average molecular weight is 631 g/mol. The van der Waals surface area contributed by atoms with Gasteiger partial charge in [0.05, 0.1) is 37.4 Å². The molecule has 226 valence electrons. The van der Waals surface area contributed by atoms with Gasteiger partial charge < -0.3 is 13.8 Å². The van der Waals surface area contributed by atoms with Crippen molar-refractivity contribution >= 4 is 19.0 Å². The number of hydrogen-bond acceptors (Lipinski definition) is 6. The van der Waals surface area contributed by atoms with E-state index in [0.29, 0.717) is 26.0 Å². The van der Waals surface area contributed by atoms with Crippen molar-refractivity contribution in [1.29, 1.82) is 0 Å². The van der Waals surface area contributed by atoms with E-state index in [-0.39, 0.29) is 17.1 Å². The minimum absolute atomic E-state index is 0. The maximum atomic E-state index is 12.4. The van der Waals surface area contributed by atoms with Crippen molar-refractivity contribution in [3.63, 3.8) is 0 Å². The van der Waals surface area contributed by atoms with Crippen molar-refractivity contribution in [3.8, 4) is 16.9 Å². The Morgan fingerprint density at radius 1 is 0.714 bits per heavy atom. The van der Waals surface area contributed by atoms with Crippen molar-refractivity contribution in [2.75, 3.05) is 26.0 Å². The first kappa shape index (κ1) is 35.4. The first-order valence-electron chi connectivity index (χ1n) is 14.6. The third-order valence-corrected chi connectivity index (χ3v) is 8.43. The van der Waals surface area contributed by atoms with Gasteiger partial charge >= 0.3 is 24.7 Å². The largest absolute Gasteiger partial charge is 2.00 e. The SMILES string of the molecule is CCOP(=O)(CCCCCCCCOc1ccc(N=Nc2cccc(-c3ccc[cH-]3)c2)cc1)OCC.[Fe+2].c1cc[cH-]c1. The van der Waals surface area contributed by atoms with Gasteiger partial charge in [-0.15, -0.1) is 6.07 Å². The van der Waals surface area contributed by atoms with E-state index in [2.05, 4.69) is 28.4 Å². The summed E-state index contributed by atoms with van der Waals surface area (Å²) in [6.07, 6.45) is 6.81. The monoisotopic (exact) mass is 630 g/mol. The number of ether oxygens (including phenoxy) is 1. The van der Waals surface area contributed by atoms with Gasteiger partial charge in [-0.2, -0.15) is 52.2 Å². The maximum absolute atomic E-state index is 12.4. The molecule has 0 aliphatic heterocycles. The number of hydrogen-bond donors (Lipinski definition) is 0. The van der Waals surface area contributed by atoms with Crippen LogP contribution in [0.25, 0.3) is 11.1 Å². The Morgan fingerprint density at radius 2 is 1.38 bits per heavy atom. The second-order valence-corrected chi connectivity index (χ2v) is 11.7. The van der Waals surface area contributed by atoms with Crippen LogP contribution in [0.3, 0.4) is 0 Å². The van der Waals surface area contributed by atoms with Gasteiger partial charge in [0.25, 0.3) is 0 Å². The second-order valence-electron chi connectivity index (χ2n) is 9.52. The third kappa shape index (κ3) is 13.9. The van der Waals surface area contributed by atoms with Crippen LogP contribution in [0, 0.1) is 0 Å². The standard InChI is InChI=1S/C29H38N2O4P.C5H5.Fe/c1-3-34-36(32,35-4-2)23-12-8-6-5-7-11-22-33-29-20-18-27(19-21-29)30-31-28-17-13-16-26(24-28)25-14-9-10-15-25;1-2-4-5-3-1;/h9-10,13-21,24H,3-8,11-12,22-23H2,1-2H3;1-5H;/q2*-1;+2. The quantitative estimate of drug-likeness (QED) is 0.0383. The van der Waals surface area contributed by atoms with Gasteiger partial charge in [-0.25, -0.2) is 12.1 Å². The average Bonchev–Trinajstić information content (AvgIpc) is 3.74. The van der Waals surface area contributed by atoms with E-state index in [1.807, 2.05) is 98.8 Å². The Balaban J connectivity index is 0.000000927. The van der Waals surface area contributed by atoms with Crippen LogP contribution in [0.5, 0.6) is 5.75 Å². The first-order chi connectivity index (χ1) is 20.1. The fourth-order valence-corrected chi connectivity index (χ4v) is 5.95. The molecule has 6 nitrogen and oxygen atoms in total. The zero-order valence-electron chi connectivity index (χ0n) is 24.7. The second kappa shape index (κ2) is 21.0. The molecule has 0 unspecified atom stereocenters. The summed E-state index contributed by atoms with van der Waals surface area (Å²) in [4.78, 5) is 0.